The summed E-state index contributed by atoms with van der Waals surface area (Å²) in [4.78, 5) is 24.3. The van der Waals surface area contributed by atoms with E-state index in [0.717, 1.165) is 85.7 Å². The molecular formula is C25H33F3N4O2S. The van der Waals surface area contributed by atoms with E-state index in [2.05, 4.69) is 20.2 Å². The highest BCUT2D eigenvalue weighted by Crippen LogP contribution is 2.28. The molecule has 0 radical (unpaired) electrons. The Labute approximate surface area is 208 Å². The van der Waals surface area contributed by atoms with Crippen molar-refractivity contribution in [2.45, 2.75) is 70.5 Å². The van der Waals surface area contributed by atoms with E-state index in [0.29, 0.717) is 12.3 Å². The number of nitrogens with zero attached hydrogens (tertiary/aromatic N) is 3. The minimum atomic E-state index is -4.36. The molecule has 2 aliphatic rings. The highest BCUT2D eigenvalue weighted by Gasteiger charge is 2.29. The molecule has 1 saturated carbocycles. The molecule has 0 bridgehead atoms. The van der Waals surface area contributed by atoms with Crippen LogP contribution < -0.4 is 10.1 Å². The van der Waals surface area contributed by atoms with Crippen molar-refractivity contribution >= 4 is 17.2 Å². The normalized spacial score (nSPS) is 21.3. The van der Waals surface area contributed by atoms with E-state index >= 15 is 0 Å². The molecule has 0 unspecified atom stereocenters. The monoisotopic (exact) mass is 510 g/mol. The number of hydrogen-bond donors (Lipinski definition) is 1. The number of carbonyl (C=O) groups is 1. The molecule has 2 aromatic rings. The fourth-order valence-corrected chi connectivity index (χ4v) is 5.75. The van der Waals surface area contributed by atoms with Gasteiger partial charge in [0.15, 0.2) is 6.61 Å². The van der Waals surface area contributed by atoms with Gasteiger partial charge < -0.3 is 15.0 Å². The zero-order valence-corrected chi connectivity index (χ0v) is 20.9. The largest absolute Gasteiger partial charge is 0.468 e. The number of aryl methyl sites for hydroxylation is 1. The van der Waals surface area contributed by atoms with Crippen LogP contribution in [0, 0.1) is 12.8 Å². The van der Waals surface area contributed by atoms with Gasteiger partial charge in [-0.2, -0.15) is 13.2 Å². The van der Waals surface area contributed by atoms with Gasteiger partial charge >= 0.3 is 6.18 Å². The number of rotatable bonds is 8. The highest BCUT2D eigenvalue weighted by molar-refractivity contribution is 7.11. The highest BCUT2D eigenvalue weighted by atomic mass is 32.1. The molecule has 1 aliphatic carbocycles. The lowest BCUT2D eigenvalue weighted by atomic mass is 9.84. The lowest BCUT2D eigenvalue weighted by Gasteiger charge is -2.30. The first kappa shape index (κ1) is 25.9. The second kappa shape index (κ2) is 11.7. The van der Waals surface area contributed by atoms with Crippen LogP contribution in [0.5, 0.6) is 5.88 Å². The zero-order chi connectivity index (χ0) is 24.8. The first-order valence-electron chi connectivity index (χ1n) is 12.3. The maximum atomic E-state index is 12.4. The number of nitrogens with one attached hydrogen (secondary N) is 1. The molecule has 1 amide bonds. The average Bonchev–Trinajstić information content (AvgIpc) is 3.10. The van der Waals surface area contributed by atoms with Crippen LogP contribution >= 0.6 is 11.3 Å². The SMILES string of the molecule is Cc1ncc(CC(=O)NC2CCC(CCN3CCc4ccc(OCC(F)(F)F)nc4CC3)CC2)s1. The lowest BCUT2D eigenvalue weighted by molar-refractivity contribution is -0.154. The predicted octanol–water partition coefficient (Wildman–Crippen LogP) is 4.50. The summed E-state index contributed by atoms with van der Waals surface area (Å²) < 4.78 is 42.1. The van der Waals surface area contributed by atoms with E-state index in [1.807, 2.05) is 13.0 Å². The molecule has 3 heterocycles. The molecule has 0 atom stereocenters. The topological polar surface area (TPSA) is 67.4 Å². The van der Waals surface area contributed by atoms with Gasteiger partial charge in [0, 0.05) is 48.4 Å². The van der Waals surface area contributed by atoms with Crippen molar-refractivity contribution in [2.75, 3.05) is 26.2 Å². The number of hydrogen-bond acceptors (Lipinski definition) is 6. The molecule has 35 heavy (non-hydrogen) atoms. The number of pyridine rings is 1. The molecule has 1 N–H and O–H groups in total. The van der Waals surface area contributed by atoms with Crippen LogP contribution in [-0.4, -0.2) is 59.2 Å². The van der Waals surface area contributed by atoms with Gasteiger partial charge in [0.2, 0.25) is 11.8 Å². The minimum Gasteiger partial charge on any atom is -0.468 e. The quantitative estimate of drug-likeness (QED) is 0.567. The first-order chi connectivity index (χ1) is 16.7. The van der Waals surface area contributed by atoms with Crippen molar-refractivity contribution in [1.82, 2.24) is 20.2 Å². The Morgan fingerprint density at radius 3 is 2.69 bits per heavy atom. The van der Waals surface area contributed by atoms with Gasteiger partial charge in [-0.1, -0.05) is 6.07 Å². The standard InChI is InChI=1S/C25H33F3N4O2S/c1-17-29-15-21(35-17)14-23(33)30-20-5-2-18(3-6-20)8-11-32-12-9-19-4-7-24(31-22(19)10-13-32)34-16-25(26,27)28/h4,7,15,18,20H,2-3,5-6,8-14,16H2,1H3,(H,30,33). The maximum Gasteiger partial charge on any atom is 0.422 e. The predicted molar refractivity (Wildman–Crippen MR) is 129 cm³/mol. The molecule has 0 spiro atoms. The van der Waals surface area contributed by atoms with Crippen molar-refractivity contribution in [2.24, 2.45) is 5.92 Å². The zero-order valence-electron chi connectivity index (χ0n) is 20.1. The Kier molecular flexibility index (Phi) is 8.64. The Bertz CT molecular complexity index is 989. The van der Waals surface area contributed by atoms with E-state index in [1.165, 1.54) is 6.07 Å². The molecule has 4 rings (SSSR count). The van der Waals surface area contributed by atoms with E-state index in [1.54, 1.807) is 17.5 Å². The molecule has 10 heteroatoms. The third kappa shape index (κ3) is 8.17. The number of aromatic nitrogens is 2. The van der Waals surface area contributed by atoms with Crippen molar-refractivity contribution in [1.29, 1.82) is 0 Å². The summed E-state index contributed by atoms with van der Waals surface area (Å²) in [5.41, 5.74) is 1.94. The number of thiazole rings is 1. The summed E-state index contributed by atoms with van der Waals surface area (Å²) >= 11 is 1.57. The summed E-state index contributed by atoms with van der Waals surface area (Å²) in [5, 5.41) is 4.18. The van der Waals surface area contributed by atoms with Gasteiger partial charge in [-0.3, -0.25) is 4.79 Å². The number of fused-ring (bicyclic) bond motifs is 1. The van der Waals surface area contributed by atoms with Gasteiger partial charge in [0.05, 0.1) is 11.4 Å². The smallest absolute Gasteiger partial charge is 0.422 e. The molecule has 2 aromatic heterocycles. The van der Waals surface area contributed by atoms with Crippen LogP contribution in [0.15, 0.2) is 18.3 Å². The van der Waals surface area contributed by atoms with Gasteiger partial charge in [-0.25, -0.2) is 9.97 Å². The van der Waals surface area contributed by atoms with E-state index < -0.39 is 12.8 Å². The molecule has 1 fully saturated rings. The summed E-state index contributed by atoms with van der Waals surface area (Å²) in [6.07, 6.45) is 4.82. The average molecular weight is 511 g/mol. The molecule has 192 valence electrons. The van der Waals surface area contributed by atoms with Crippen LogP contribution in [0.3, 0.4) is 0 Å². The van der Waals surface area contributed by atoms with Gasteiger partial charge in [0.25, 0.3) is 0 Å². The second-order valence-corrected chi connectivity index (χ2v) is 10.9. The Morgan fingerprint density at radius 2 is 1.97 bits per heavy atom. The van der Waals surface area contributed by atoms with Crippen molar-refractivity contribution in [3.05, 3.63) is 39.5 Å². The summed E-state index contributed by atoms with van der Waals surface area (Å²) in [6.45, 7) is 3.42. The molecule has 6 nitrogen and oxygen atoms in total. The summed E-state index contributed by atoms with van der Waals surface area (Å²) in [7, 11) is 0. The lowest BCUT2D eigenvalue weighted by Crippen LogP contribution is -2.38. The molecule has 0 saturated heterocycles. The number of carbonyl (C=O) groups excluding carboxylic acids is 1. The van der Waals surface area contributed by atoms with E-state index in [9.17, 15) is 18.0 Å². The Balaban J connectivity index is 1.16. The Morgan fingerprint density at radius 1 is 1.20 bits per heavy atom. The third-order valence-electron chi connectivity index (χ3n) is 6.86. The summed E-state index contributed by atoms with van der Waals surface area (Å²) in [5.74, 6) is 0.792. The summed E-state index contributed by atoms with van der Waals surface area (Å²) in [6, 6.07) is 3.65. The van der Waals surface area contributed by atoms with Crippen LogP contribution in [0.25, 0.3) is 0 Å². The maximum absolute atomic E-state index is 12.4. The molecule has 1 aliphatic heterocycles. The fraction of sp³-hybridized carbons (Fsp3) is 0.640. The third-order valence-corrected chi connectivity index (χ3v) is 7.77. The van der Waals surface area contributed by atoms with Crippen LogP contribution in [0.4, 0.5) is 13.2 Å². The number of alkyl halides is 3. The molecule has 0 aromatic carbocycles. The second-order valence-electron chi connectivity index (χ2n) is 9.60. The van der Waals surface area contributed by atoms with E-state index in [-0.39, 0.29) is 17.8 Å². The van der Waals surface area contributed by atoms with Crippen molar-refractivity contribution in [3.8, 4) is 5.88 Å². The Hall–Kier alpha value is -2.20. The number of amides is 1. The minimum absolute atomic E-state index is 0.0422. The van der Waals surface area contributed by atoms with Gasteiger partial charge in [-0.05, 0) is 63.5 Å². The van der Waals surface area contributed by atoms with Crippen LogP contribution in [0.2, 0.25) is 0 Å². The van der Waals surface area contributed by atoms with E-state index in [4.69, 9.17) is 4.74 Å². The number of halogens is 3. The van der Waals surface area contributed by atoms with Crippen LogP contribution in [-0.2, 0) is 24.1 Å². The van der Waals surface area contributed by atoms with Gasteiger partial charge in [-0.15, -0.1) is 11.3 Å². The first-order valence-corrected chi connectivity index (χ1v) is 13.2. The van der Waals surface area contributed by atoms with Crippen LogP contribution in [0.1, 0.15) is 53.2 Å². The number of ether oxygens (including phenoxy) is 1. The fourth-order valence-electron chi connectivity index (χ4n) is 4.95. The molecular weight excluding hydrogens is 477 g/mol. The van der Waals surface area contributed by atoms with Gasteiger partial charge in [0.1, 0.15) is 0 Å². The van der Waals surface area contributed by atoms with Crippen molar-refractivity contribution in [3.63, 3.8) is 0 Å². The van der Waals surface area contributed by atoms with Crippen molar-refractivity contribution < 1.29 is 22.7 Å².